The Hall–Kier alpha value is 0.210. The SMILES string of the molecule is CCOCC.CN(C)C.Cl. The van der Waals surface area contributed by atoms with E-state index in [1.54, 1.807) is 0 Å². The largest absolute Gasteiger partial charge is 0.382 e. The second-order valence-electron chi connectivity index (χ2n) is 2.12. The van der Waals surface area contributed by atoms with Crippen LogP contribution in [0.4, 0.5) is 0 Å². The molecular formula is C7H20ClNO. The van der Waals surface area contributed by atoms with E-state index < -0.39 is 0 Å². The Morgan fingerprint density at radius 2 is 1.20 bits per heavy atom. The summed E-state index contributed by atoms with van der Waals surface area (Å²) in [6.45, 7) is 5.67. The highest BCUT2D eigenvalue weighted by Gasteiger charge is 1.64. The molecule has 0 aliphatic heterocycles. The van der Waals surface area contributed by atoms with Crippen molar-refractivity contribution >= 4 is 12.4 Å². The second-order valence-corrected chi connectivity index (χ2v) is 2.12. The highest BCUT2D eigenvalue weighted by molar-refractivity contribution is 5.85. The number of ether oxygens (including phenoxy) is 1. The van der Waals surface area contributed by atoms with Gasteiger partial charge in [-0.2, -0.15) is 0 Å². The summed E-state index contributed by atoms with van der Waals surface area (Å²) >= 11 is 0. The highest BCUT2D eigenvalue weighted by atomic mass is 35.5. The summed E-state index contributed by atoms with van der Waals surface area (Å²) in [5.41, 5.74) is 0. The molecule has 0 amide bonds. The average Bonchev–Trinajstić information content (AvgIpc) is 1.66. The van der Waals surface area contributed by atoms with Gasteiger partial charge in [-0.25, -0.2) is 0 Å². The molecule has 0 heterocycles. The minimum atomic E-state index is 0. The van der Waals surface area contributed by atoms with Crippen molar-refractivity contribution in [2.45, 2.75) is 13.8 Å². The maximum Gasteiger partial charge on any atom is 0.0437 e. The lowest BCUT2D eigenvalue weighted by molar-refractivity contribution is 0.162. The molecule has 0 fully saturated rings. The van der Waals surface area contributed by atoms with Crippen molar-refractivity contribution in [3.05, 3.63) is 0 Å². The minimum absolute atomic E-state index is 0. The molecule has 0 saturated carbocycles. The first-order valence-corrected chi connectivity index (χ1v) is 3.33. The van der Waals surface area contributed by atoms with Crippen LogP contribution in [0.25, 0.3) is 0 Å². The van der Waals surface area contributed by atoms with Crippen LogP contribution in [-0.2, 0) is 4.74 Å². The molecule has 0 saturated heterocycles. The van der Waals surface area contributed by atoms with E-state index in [9.17, 15) is 0 Å². The van der Waals surface area contributed by atoms with Gasteiger partial charge in [0.05, 0.1) is 0 Å². The van der Waals surface area contributed by atoms with Crippen molar-refractivity contribution in [1.29, 1.82) is 0 Å². The normalized spacial score (nSPS) is 7.80. The molecule has 0 N–H and O–H groups in total. The van der Waals surface area contributed by atoms with Gasteiger partial charge >= 0.3 is 0 Å². The average molecular weight is 170 g/mol. The first-order chi connectivity index (χ1) is 4.15. The summed E-state index contributed by atoms with van der Waals surface area (Å²) in [4.78, 5) is 2.00. The summed E-state index contributed by atoms with van der Waals surface area (Å²) in [6.07, 6.45) is 0. The quantitative estimate of drug-likeness (QED) is 0.624. The Balaban J connectivity index is -0.0000000910. The Morgan fingerprint density at radius 3 is 1.20 bits per heavy atom. The molecule has 0 aliphatic carbocycles. The van der Waals surface area contributed by atoms with Crippen LogP contribution in [0.15, 0.2) is 0 Å². The summed E-state index contributed by atoms with van der Waals surface area (Å²) in [5.74, 6) is 0. The van der Waals surface area contributed by atoms with Crippen molar-refractivity contribution in [1.82, 2.24) is 4.90 Å². The Labute approximate surface area is 71.0 Å². The lowest BCUT2D eigenvalue weighted by Crippen LogP contribution is -1.99. The van der Waals surface area contributed by atoms with Crippen LogP contribution in [0.2, 0.25) is 0 Å². The van der Waals surface area contributed by atoms with Gasteiger partial charge in [-0.1, -0.05) is 0 Å². The predicted molar refractivity (Wildman–Crippen MR) is 49.0 cm³/mol. The Kier molecular flexibility index (Phi) is 26.8. The predicted octanol–water partition coefficient (Wildman–Crippen LogP) is 1.64. The molecule has 0 atom stereocenters. The summed E-state index contributed by atoms with van der Waals surface area (Å²) in [7, 11) is 6.00. The fourth-order valence-corrected chi connectivity index (χ4v) is 0.204. The van der Waals surface area contributed by atoms with Crippen LogP contribution in [0, 0.1) is 0 Å². The molecule has 0 bridgehead atoms. The van der Waals surface area contributed by atoms with Gasteiger partial charge < -0.3 is 9.64 Å². The van der Waals surface area contributed by atoms with Gasteiger partial charge in [-0.05, 0) is 35.0 Å². The fourth-order valence-electron chi connectivity index (χ4n) is 0.204. The molecule has 0 rings (SSSR count). The lowest BCUT2D eigenvalue weighted by Gasteiger charge is -1.90. The molecule has 0 aromatic carbocycles. The van der Waals surface area contributed by atoms with Crippen molar-refractivity contribution in [2.75, 3.05) is 34.4 Å². The third-order valence-electron chi connectivity index (χ3n) is 0.408. The van der Waals surface area contributed by atoms with Gasteiger partial charge in [0.1, 0.15) is 0 Å². The van der Waals surface area contributed by atoms with E-state index in [4.69, 9.17) is 4.74 Å². The van der Waals surface area contributed by atoms with Crippen molar-refractivity contribution < 1.29 is 4.74 Å². The van der Waals surface area contributed by atoms with Crippen molar-refractivity contribution in [3.8, 4) is 0 Å². The van der Waals surface area contributed by atoms with Crippen LogP contribution >= 0.6 is 12.4 Å². The summed E-state index contributed by atoms with van der Waals surface area (Å²) < 4.78 is 4.83. The molecule has 66 valence electrons. The van der Waals surface area contributed by atoms with E-state index in [-0.39, 0.29) is 12.4 Å². The molecule has 0 aromatic rings. The topological polar surface area (TPSA) is 12.5 Å². The number of hydrogen-bond donors (Lipinski definition) is 0. The number of halogens is 1. The van der Waals surface area contributed by atoms with Gasteiger partial charge in [-0.15, -0.1) is 12.4 Å². The number of nitrogens with zero attached hydrogens (tertiary/aromatic N) is 1. The van der Waals surface area contributed by atoms with Crippen LogP contribution < -0.4 is 0 Å². The van der Waals surface area contributed by atoms with E-state index >= 15 is 0 Å². The number of hydrogen-bond acceptors (Lipinski definition) is 2. The van der Waals surface area contributed by atoms with E-state index in [1.807, 2.05) is 39.9 Å². The molecule has 0 unspecified atom stereocenters. The van der Waals surface area contributed by atoms with Gasteiger partial charge in [0.25, 0.3) is 0 Å². The van der Waals surface area contributed by atoms with E-state index in [0.29, 0.717) is 0 Å². The molecule has 0 spiro atoms. The van der Waals surface area contributed by atoms with E-state index in [0.717, 1.165) is 13.2 Å². The van der Waals surface area contributed by atoms with Gasteiger partial charge in [-0.3, -0.25) is 0 Å². The van der Waals surface area contributed by atoms with E-state index in [1.165, 1.54) is 0 Å². The number of rotatable bonds is 2. The molecule has 0 radical (unpaired) electrons. The van der Waals surface area contributed by atoms with Crippen LogP contribution in [0.3, 0.4) is 0 Å². The molecule has 0 aromatic heterocycles. The van der Waals surface area contributed by atoms with Crippen LogP contribution in [0.5, 0.6) is 0 Å². The first-order valence-electron chi connectivity index (χ1n) is 3.33. The van der Waals surface area contributed by atoms with Crippen LogP contribution in [-0.4, -0.2) is 39.3 Å². The van der Waals surface area contributed by atoms with E-state index in [2.05, 4.69) is 0 Å². The maximum absolute atomic E-state index is 4.83. The highest BCUT2D eigenvalue weighted by Crippen LogP contribution is 1.64. The van der Waals surface area contributed by atoms with Gasteiger partial charge in [0, 0.05) is 13.2 Å². The fraction of sp³-hybridized carbons (Fsp3) is 1.00. The van der Waals surface area contributed by atoms with Gasteiger partial charge in [0.2, 0.25) is 0 Å². The zero-order chi connectivity index (χ0) is 7.70. The summed E-state index contributed by atoms with van der Waals surface area (Å²) in [5, 5.41) is 0. The van der Waals surface area contributed by atoms with Gasteiger partial charge in [0.15, 0.2) is 0 Å². The molecule has 10 heavy (non-hydrogen) atoms. The molecule has 3 heteroatoms. The first kappa shape index (κ1) is 16.7. The summed E-state index contributed by atoms with van der Waals surface area (Å²) in [6, 6.07) is 0. The molecular weight excluding hydrogens is 150 g/mol. The van der Waals surface area contributed by atoms with Crippen molar-refractivity contribution in [3.63, 3.8) is 0 Å². The third-order valence-corrected chi connectivity index (χ3v) is 0.408. The van der Waals surface area contributed by atoms with Crippen LogP contribution in [0.1, 0.15) is 13.8 Å². The maximum atomic E-state index is 4.83. The zero-order valence-electron chi connectivity index (χ0n) is 7.68. The molecule has 2 nitrogen and oxygen atoms in total. The second kappa shape index (κ2) is 16.1. The standard InChI is InChI=1S/C4H10O.C3H9N.ClH/c1-3-5-4-2;1-4(2)3;/h3-4H2,1-2H3;1-3H3;1H. The third kappa shape index (κ3) is 87.4. The monoisotopic (exact) mass is 169 g/mol. The Bertz CT molecular complexity index is 37.8. The van der Waals surface area contributed by atoms with Crippen molar-refractivity contribution in [2.24, 2.45) is 0 Å². The zero-order valence-corrected chi connectivity index (χ0v) is 8.49. The lowest BCUT2D eigenvalue weighted by atomic mass is 10.8. The Morgan fingerprint density at radius 1 is 1.00 bits per heavy atom. The molecule has 0 aliphatic rings. The smallest absolute Gasteiger partial charge is 0.0437 e. The minimum Gasteiger partial charge on any atom is -0.382 e.